The van der Waals surface area contributed by atoms with Crippen LogP contribution in [0.4, 0.5) is 14.6 Å². The molecule has 0 radical (unpaired) electrons. The minimum atomic E-state index is -0.708. The molecule has 10 heteroatoms. The number of ether oxygens (including phenoxy) is 2. The van der Waals surface area contributed by atoms with E-state index in [1.165, 1.54) is 0 Å². The van der Waals surface area contributed by atoms with E-state index in [0.717, 1.165) is 21.0 Å². The molecule has 0 saturated heterocycles. The van der Waals surface area contributed by atoms with Crippen molar-refractivity contribution in [2.75, 3.05) is 18.4 Å². The monoisotopic (exact) mass is 516 g/mol. The maximum absolute atomic E-state index is 12.0. The molecule has 0 fully saturated rings. The van der Waals surface area contributed by atoms with Crippen LogP contribution in [0, 0.1) is 0 Å². The van der Waals surface area contributed by atoms with Gasteiger partial charge in [-0.25, -0.2) is 15.0 Å². The van der Waals surface area contributed by atoms with Crippen LogP contribution in [-0.2, 0) is 20.7 Å². The number of anilines is 1. The number of thiophene rings is 1. The number of hydrazine groups is 1. The summed E-state index contributed by atoms with van der Waals surface area (Å²) in [5.74, 6) is -0.343. The lowest BCUT2D eigenvalue weighted by molar-refractivity contribution is -0.121. The molecule has 1 aromatic heterocycles. The predicted molar refractivity (Wildman–Crippen MR) is 144 cm³/mol. The molecular formula is C26H36N4O5S. The Labute approximate surface area is 216 Å². The van der Waals surface area contributed by atoms with Gasteiger partial charge in [0.15, 0.2) is 0 Å². The first-order valence-electron chi connectivity index (χ1n) is 11.6. The average Bonchev–Trinajstić information content (AvgIpc) is 3.20. The molecule has 0 saturated carbocycles. The van der Waals surface area contributed by atoms with Gasteiger partial charge < -0.3 is 20.1 Å². The van der Waals surface area contributed by atoms with Gasteiger partial charge in [0, 0.05) is 18.0 Å². The Morgan fingerprint density at radius 2 is 1.44 bits per heavy atom. The van der Waals surface area contributed by atoms with E-state index >= 15 is 0 Å². The fourth-order valence-corrected chi connectivity index (χ4v) is 3.62. The standard InChI is InChI=1S/C26H36N4O5S/c1-25(2,3)34-23(32)28-16-15-27-22-14-13-20(36-22)12-11-18-7-9-19(10-8-18)17-21(31)29-30-24(33)35-26(4,5)6/h7-14,27H,15-17H2,1-6H3,(H,28,32)(H,29,31)(H,30,33)/b12-11+. The molecule has 4 N–H and O–H groups in total. The van der Waals surface area contributed by atoms with Crippen LogP contribution in [0.3, 0.4) is 0 Å². The molecule has 196 valence electrons. The molecule has 0 bridgehead atoms. The van der Waals surface area contributed by atoms with Crippen LogP contribution >= 0.6 is 11.3 Å². The molecule has 0 aliphatic heterocycles. The summed E-state index contributed by atoms with van der Waals surface area (Å²) in [6.45, 7) is 11.8. The van der Waals surface area contributed by atoms with E-state index in [0.29, 0.717) is 13.1 Å². The smallest absolute Gasteiger partial charge is 0.426 e. The number of rotatable bonds is 8. The van der Waals surface area contributed by atoms with Crippen LogP contribution in [0.5, 0.6) is 0 Å². The third-order valence-corrected chi connectivity index (χ3v) is 5.21. The second kappa shape index (κ2) is 13.0. The van der Waals surface area contributed by atoms with E-state index in [4.69, 9.17) is 9.47 Å². The minimum Gasteiger partial charge on any atom is -0.444 e. The lowest BCUT2D eigenvalue weighted by atomic mass is 10.1. The molecule has 1 heterocycles. The third-order valence-electron chi connectivity index (χ3n) is 4.21. The van der Waals surface area contributed by atoms with Crippen LogP contribution < -0.4 is 21.5 Å². The van der Waals surface area contributed by atoms with E-state index in [9.17, 15) is 14.4 Å². The van der Waals surface area contributed by atoms with Gasteiger partial charge in [-0.3, -0.25) is 10.2 Å². The molecule has 1 aromatic carbocycles. The first kappa shape index (κ1) is 28.7. The van der Waals surface area contributed by atoms with Gasteiger partial charge in [-0.05, 0) is 70.9 Å². The van der Waals surface area contributed by atoms with Gasteiger partial charge in [-0.15, -0.1) is 11.3 Å². The molecular weight excluding hydrogens is 480 g/mol. The van der Waals surface area contributed by atoms with Gasteiger partial charge in [0.05, 0.1) is 11.4 Å². The Hall–Kier alpha value is -3.53. The van der Waals surface area contributed by atoms with Crippen LogP contribution in [0.15, 0.2) is 36.4 Å². The molecule has 3 amide bonds. The van der Waals surface area contributed by atoms with Crippen molar-refractivity contribution in [3.05, 3.63) is 52.4 Å². The van der Waals surface area contributed by atoms with Gasteiger partial charge >= 0.3 is 12.2 Å². The molecule has 36 heavy (non-hydrogen) atoms. The van der Waals surface area contributed by atoms with Crippen molar-refractivity contribution in [3.8, 4) is 0 Å². The molecule has 0 spiro atoms. The first-order chi connectivity index (χ1) is 16.8. The topological polar surface area (TPSA) is 118 Å². The maximum Gasteiger partial charge on any atom is 0.426 e. The summed E-state index contributed by atoms with van der Waals surface area (Å²) in [4.78, 5) is 36.4. The lowest BCUT2D eigenvalue weighted by Crippen LogP contribution is -2.44. The number of hydrogen-bond donors (Lipinski definition) is 4. The number of alkyl carbamates (subject to hydrolysis) is 1. The van der Waals surface area contributed by atoms with Crippen molar-refractivity contribution in [2.45, 2.75) is 59.2 Å². The van der Waals surface area contributed by atoms with Crippen molar-refractivity contribution in [2.24, 2.45) is 0 Å². The molecule has 0 aliphatic rings. The Morgan fingerprint density at radius 3 is 2.08 bits per heavy atom. The molecule has 2 rings (SSSR count). The maximum atomic E-state index is 12.0. The Kier molecular flexibility index (Phi) is 10.3. The predicted octanol–water partition coefficient (Wildman–Crippen LogP) is 4.95. The summed E-state index contributed by atoms with van der Waals surface area (Å²) in [7, 11) is 0. The number of carbonyl (C=O) groups excluding carboxylic acids is 3. The van der Waals surface area contributed by atoms with Gasteiger partial charge in [0.2, 0.25) is 5.91 Å². The summed E-state index contributed by atoms with van der Waals surface area (Å²) in [6.07, 6.45) is 3.00. The normalized spacial score (nSPS) is 11.6. The number of carbonyl (C=O) groups is 3. The van der Waals surface area contributed by atoms with Gasteiger partial charge in [-0.2, -0.15) is 0 Å². The van der Waals surface area contributed by atoms with E-state index in [1.54, 1.807) is 32.1 Å². The van der Waals surface area contributed by atoms with Crippen LogP contribution in [0.1, 0.15) is 57.5 Å². The SMILES string of the molecule is CC(C)(C)OC(=O)NCCNc1ccc(/C=C/c2ccc(CC(=O)NNC(=O)OC(C)(C)C)cc2)s1. The summed E-state index contributed by atoms with van der Waals surface area (Å²) in [5, 5.41) is 7.00. The Balaban J connectivity index is 1.74. The highest BCUT2D eigenvalue weighted by Gasteiger charge is 2.17. The zero-order valence-corrected chi connectivity index (χ0v) is 22.5. The molecule has 9 nitrogen and oxygen atoms in total. The average molecular weight is 517 g/mol. The van der Waals surface area contributed by atoms with Gasteiger partial charge in [0.1, 0.15) is 11.2 Å². The van der Waals surface area contributed by atoms with E-state index < -0.39 is 23.4 Å². The number of amides is 3. The van der Waals surface area contributed by atoms with E-state index in [-0.39, 0.29) is 12.3 Å². The zero-order chi connectivity index (χ0) is 26.8. The Bertz CT molecular complexity index is 1050. The summed E-state index contributed by atoms with van der Waals surface area (Å²) in [5.41, 5.74) is 5.24. The quantitative estimate of drug-likeness (QED) is 0.291. The zero-order valence-electron chi connectivity index (χ0n) is 21.7. The third kappa shape index (κ3) is 12.3. The van der Waals surface area contributed by atoms with Gasteiger partial charge in [0.25, 0.3) is 0 Å². The fraction of sp³-hybridized carbons (Fsp3) is 0.423. The second-order valence-electron chi connectivity index (χ2n) is 9.98. The van der Waals surface area contributed by atoms with Crippen LogP contribution in [0.25, 0.3) is 12.2 Å². The van der Waals surface area contributed by atoms with Crippen molar-refractivity contribution >= 4 is 46.6 Å². The number of nitrogens with one attached hydrogen (secondary N) is 4. The first-order valence-corrected chi connectivity index (χ1v) is 12.5. The van der Waals surface area contributed by atoms with Crippen LogP contribution in [-0.4, -0.2) is 42.4 Å². The minimum absolute atomic E-state index is 0.128. The summed E-state index contributed by atoms with van der Waals surface area (Å²) in [6, 6.07) is 11.6. The van der Waals surface area contributed by atoms with Crippen molar-refractivity contribution in [1.82, 2.24) is 16.2 Å². The second-order valence-corrected chi connectivity index (χ2v) is 11.1. The molecule has 0 unspecified atom stereocenters. The molecule has 0 aliphatic carbocycles. The van der Waals surface area contributed by atoms with Crippen molar-refractivity contribution in [3.63, 3.8) is 0 Å². The van der Waals surface area contributed by atoms with Crippen LogP contribution in [0.2, 0.25) is 0 Å². The van der Waals surface area contributed by atoms with Crippen molar-refractivity contribution < 1.29 is 23.9 Å². The number of hydrogen-bond acceptors (Lipinski definition) is 7. The molecule has 0 atom stereocenters. The van der Waals surface area contributed by atoms with E-state index in [1.807, 2.05) is 69.3 Å². The fourth-order valence-electron chi connectivity index (χ4n) is 2.78. The molecule has 2 aromatic rings. The highest BCUT2D eigenvalue weighted by Crippen LogP contribution is 2.23. The van der Waals surface area contributed by atoms with Crippen molar-refractivity contribution in [1.29, 1.82) is 0 Å². The van der Waals surface area contributed by atoms with Gasteiger partial charge in [-0.1, -0.05) is 30.3 Å². The summed E-state index contributed by atoms with van der Waals surface area (Å²) >= 11 is 1.60. The number of benzene rings is 1. The largest absolute Gasteiger partial charge is 0.444 e. The lowest BCUT2D eigenvalue weighted by Gasteiger charge is -2.19. The summed E-state index contributed by atoms with van der Waals surface area (Å²) < 4.78 is 10.3. The Morgan fingerprint density at radius 1 is 0.806 bits per heavy atom. The van der Waals surface area contributed by atoms with E-state index in [2.05, 4.69) is 21.5 Å². The highest BCUT2D eigenvalue weighted by molar-refractivity contribution is 7.16. The highest BCUT2D eigenvalue weighted by atomic mass is 32.1.